The molecule has 0 saturated heterocycles. The van der Waals surface area contributed by atoms with Crippen molar-refractivity contribution in [2.75, 3.05) is 19.8 Å². The topological polar surface area (TPSA) is 105 Å². The predicted molar refractivity (Wildman–Crippen MR) is 63.5 cm³/mol. The smallest absolute Gasteiger partial charge is 0.331 e. The lowest BCUT2D eigenvalue weighted by Crippen LogP contribution is -2.09. The Hall–Kier alpha value is -2.12. The van der Waals surface area contributed by atoms with Crippen LogP contribution in [-0.4, -0.2) is 36.8 Å². The van der Waals surface area contributed by atoms with Crippen molar-refractivity contribution in [2.45, 2.75) is 26.2 Å². The highest BCUT2D eigenvalue weighted by molar-refractivity contribution is 5.91. The number of carbonyl (C=O) groups excluding carboxylic acids is 2. The average Bonchev–Trinajstić information content (AvgIpc) is 2.36. The Morgan fingerprint density at radius 2 is 1.58 bits per heavy atom. The second-order valence-corrected chi connectivity index (χ2v) is 3.43. The second-order valence-electron chi connectivity index (χ2n) is 3.43. The summed E-state index contributed by atoms with van der Waals surface area (Å²) in [5, 5.41) is 8.87. The number of hydrogen-bond donors (Lipinski definition) is 0. The molecule has 0 bridgehead atoms. The molecule has 0 fully saturated rings. The lowest BCUT2D eigenvalue weighted by Gasteiger charge is -2.01. The number of nitrogens with zero attached hydrogens (tertiary/aromatic N) is 1. The molecule has 0 aliphatic heterocycles. The average molecular weight is 275 g/mol. The van der Waals surface area contributed by atoms with Crippen molar-refractivity contribution >= 4 is 11.9 Å². The minimum Gasteiger partial charge on any atom is -0.463 e. The van der Waals surface area contributed by atoms with E-state index in [0.717, 1.165) is 25.0 Å². The Kier molecular flexibility index (Phi) is 9.77. The summed E-state index contributed by atoms with van der Waals surface area (Å²) in [6.07, 6.45) is 3.79. The van der Waals surface area contributed by atoms with Crippen LogP contribution in [0.1, 0.15) is 26.2 Å². The molecule has 0 aromatic heterocycles. The SMILES string of the molecule is CCCCOC(=O)/C=C/C(=O)OCCCO[N+](=O)[O-]. The van der Waals surface area contributed by atoms with Crippen molar-refractivity contribution in [2.24, 2.45) is 0 Å². The zero-order chi connectivity index (χ0) is 14.5. The summed E-state index contributed by atoms with van der Waals surface area (Å²) >= 11 is 0. The van der Waals surface area contributed by atoms with Crippen molar-refractivity contribution in [3.05, 3.63) is 22.3 Å². The maximum atomic E-state index is 11.1. The third-order valence-corrected chi connectivity index (χ3v) is 1.83. The molecular weight excluding hydrogens is 258 g/mol. The maximum Gasteiger partial charge on any atom is 0.331 e. The van der Waals surface area contributed by atoms with E-state index in [1.807, 2.05) is 6.92 Å². The number of hydrogen-bond acceptors (Lipinski definition) is 7. The Morgan fingerprint density at radius 1 is 1.05 bits per heavy atom. The molecule has 8 nitrogen and oxygen atoms in total. The van der Waals surface area contributed by atoms with E-state index in [0.29, 0.717) is 6.61 Å². The van der Waals surface area contributed by atoms with Gasteiger partial charge in [-0.15, -0.1) is 10.1 Å². The molecule has 0 aliphatic rings. The van der Waals surface area contributed by atoms with Gasteiger partial charge in [0, 0.05) is 18.6 Å². The molecule has 0 heterocycles. The zero-order valence-electron chi connectivity index (χ0n) is 10.7. The first-order chi connectivity index (χ1) is 9.06. The standard InChI is InChI=1S/C11H17NO7/c1-2-3-7-17-10(13)5-6-11(14)18-8-4-9-19-12(15)16/h5-6H,2-4,7-9H2,1H3/b6-5+. The van der Waals surface area contributed by atoms with E-state index in [-0.39, 0.29) is 19.6 Å². The van der Waals surface area contributed by atoms with Gasteiger partial charge in [0.15, 0.2) is 0 Å². The molecular formula is C11H17NO7. The first-order valence-electron chi connectivity index (χ1n) is 5.85. The molecule has 0 unspecified atom stereocenters. The van der Waals surface area contributed by atoms with Crippen LogP contribution in [0.3, 0.4) is 0 Å². The lowest BCUT2D eigenvalue weighted by molar-refractivity contribution is -0.757. The van der Waals surface area contributed by atoms with Crippen molar-refractivity contribution in [3.63, 3.8) is 0 Å². The van der Waals surface area contributed by atoms with Crippen LogP contribution < -0.4 is 0 Å². The van der Waals surface area contributed by atoms with Crippen molar-refractivity contribution in [1.82, 2.24) is 0 Å². The van der Waals surface area contributed by atoms with Crippen LogP contribution in [0.25, 0.3) is 0 Å². The minimum absolute atomic E-state index is 0.0259. The summed E-state index contributed by atoms with van der Waals surface area (Å²) in [5.41, 5.74) is 0. The molecule has 19 heavy (non-hydrogen) atoms. The Morgan fingerprint density at radius 3 is 2.05 bits per heavy atom. The van der Waals surface area contributed by atoms with Gasteiger partial charge in [0.2, 0.25) is 0 Å². The van der Waals surface area contributed by atoms with Gasteiger partial charge in [-0.1, -0.05) is 13.3 Å². The second kappa shape index (κ2) is 11.0. The van der Waals surface area contributed by atoms with Crippen molar-refractivity contribution < 1.29 is 29.0 Å². The molecule has 0 N–H and O–H groups in total. The van der Waals surface area contributed by atoms with E-state index in [1.165, 1.54) is 0 Å². The number of unbranched alkanes of at least 4 members (excludes halogenated alkanes) is 1. The molecule has 108 valence electrons. The largest absolute Gasteiger partial charge is 0.463 e. The fourth-order valence-electron chi connectivity index (χ4n) is 0.920. The van der Waals surface area contributed by atoms with Gasteiger partial charge >= 0.3 is 11.9 Å². The van der Waals surface area contributed by atoms with Crippen LogP contribution in [0.15, 0.2) is 12.2 Å². The monoisotopic (exact) mass is 275 g/mol. The fraction of sp³-hybridized carbons (Fsp3) is 0.636. The number of ether oxygens (including phenoxy) is 2. The van der Waals surface area contributed by atoms with Crippen LogP contribution in [0.2, 0.25) is 0 Å². The van der Waals surface area contributed by atoms with E-state index < -0.39 is 17.0 Å². The Bertz CT molecular complexity index is 327. The molecule has 0 amide bonds. The normalized spacial score (nSPS) is 10.2. The highest BCUT2D eigenvalue weighted by atomic mass is 16.9. The molecule has 0 rings (SSSR count). The van der Waals surface area contributed by atoms with E-state index in [9.17, 15) is 19.7 Å². The van der Waals surface area contributed by atoms with E-state index in [1.54, 1.807) is 0 Å². The maximum absolute atomic E-state index is 11.1. The summed E-state index contributed by atoms with van der Waals surface area (Å²) < 4.78 is 9.44. The van der Waals surface area contributed by atoms with Gasteiger partial charge in [0.1, 0.15) is 0 Å². The van der Waals surface area contributed by atoms with Crippen LogP contribution in [0.4, 0.5) is 0 Å². The van der Waals surface area contributed by atoms with Gasteiger partial charge in [-0.3, -0.25) is 0 Å². The van der Waals surface area contributed by atoms with Gasteiger partial charge in [-0.05, 0) is 6.42 Å². The highest BCUT2D eigenvalue weighted by Gasteiger charge is 2.01. The van der Waals surface area contributed by atoms with E-state index in [2.05, 4.69) is 9.57 Å². The quantitative estimate of drug-likeness (QED) is 0.193. The summed E-state index contributed by atoms with van der Waals surface area (Å²) in [7, 11) is 0. The van der Waals surface area contributed by atoms with Gasteiger partial charge in [-0.2, -0.15) is 0 Å². The molecule has 8 heteroatoms. The molecule has 0 aromatic rings. The summed E-state index contributed by atoms with van der Waals surface area (Å²) in [4.78, 5) is 36.0. The van der Waals surface area contributed by atoms with Crippen molar-refractivity contribution in [1.29, 1.82) is 0 Å². The fourth-order valence-corrected chi connectivity index (χ4v) is 0.920. The number of esters is 2. The van der Waals surface area contributed by atoms with Gasteiger partial charge in [-0.25, -0.2) is 9.59 Å². The van der Waals surface area contributed by atoms with Gasteiger partial charge < -0.3 is 14.3 Å². The Balaban J connectivity index is 3.61. The van der Waals surface area contributed by atoms with E-state index >= 15 is 0 Å². The first kappa shape index (κ1) is 16.9. The third kappa shape index (κ3) is 12.1. The van der Waals surface area contributed by atoms with Crippen LogP contribution in [-0.2, 0) is 23.9 Å². The van der Waals surface area contributed by atoms with Gasteiger partial charge in [0.25, 0.3) is 5.09 Å². The van der Waals surface area contributed by atoms with Crippen LogP contribution in [0, 0.1) is 10.1 Å². The number of carbonyl (C=O) groups is 2. The molecule has 0 spiro atoms. The first-order valence-corrected chi connectivity index (χ1v) is 5.85. The third-order valence-electron chi connectivity index (χ3n) is 1.83. The van der Waals surface area contributed by atoms with Crippen LogP contribution >= 0.6 is 0 Å². The van der Waals surface area contributed by atoms with Crippen LogP contribution in [0.5, 0.6) is 0 Å². The molecule has 0 atom stereocenters. The molecule has 0 radical (unpaired) electrons. The summed E-state index contributed by atoms with van der Waals surface area (Å²) in [6.45, 7) is 2.10. The lowest BCUT2D eigenvalue weighted by atomic mass is 10.4. The minimum atomic E-state index is -0.923. The highest BCUT2D eigenvalue weighted by Crippen LogP contribution is 1.92. The predicted octanol–water partition coefficient (Wildman–Crippen LogP) is 1.03. The zero-order valence-corrected chi connectivity index (χ0v) is 10.7. The van der Waals surface area contributed by atoms with Gasteiger partial charge in [0.05, 0.1) is 19.8 Å². The Labute approximate surface area is 110 Å². The summed E-state index contributed by atoms with van der Waals surface area (Å²) in [6, 6.07) is 0. The molecule has 0 aliphatic carbocycles. The molecule has 0 saturated carbocycles. The number of rotatable bonds is 10. The van der Waals surface area contributed by atoms with Crippen molar-refractivity contribution in [3.8, 4) is 0 Å². The van der Waals surface area contributed by atoms with E-state index in [4.69, 9.17) is 4.74 Å². The molecule has 0 aromatic carbocycles. The summed E-state index contributed by atoms with van der Waals surface area (Å²) in [5.74, 6) is -1.32.